The molecule has 2 aromatic carbocycles. The van der Waals surface area contributed by atoms with Gasteiger partial charge in [-0.05, 0) is 73.9 Å². The highest BCUT2D eigenvalue weighted by molar-refractivity contribution is 5.70. The van der Waals surface area contributed by atoms with Crippen molar-refractivity contribution in [2.45, 2.75) is 51.0 Å². The lowest BCUT2D eigenvalue weighted by atomic mass is 9.96. The molecule has 0 bridgehead atoms. The largest absolute Gasteiger partial charge is 0.494 e. The summed E-state index contributed by atoms with van der Waals surface area (Å²) in [6.45, 7) is 3.68. The topological polar surface area (TPSA) is 58.6 Å². The molecule has 27 heavy (non-hydrogen) atoms. The average molecular weight is 367 g/mol. The van der Waals surface area contributed by atoms with Crippen LogP contribution in [0.3, 0.4) is 0 Å². The van der Waals surface area contributed by atoms with E-state index in [1.807, 2.05) is 25.1 Å². The van der Waals surface area contributed by atoms with Crippen molar-refractivity contribution < 1.29 is 14.6 Å². The van der Waals surface area contributed by atoms with Gasteiger partial charge in [-0.15, -0.1) is 0 Å². The summed E-state index contributed by atoms with van der Waals surface area (Å²) in [5, 5.41) is 12.6. The third kappa shape index (κ3) is 5.83. The fourth-order valence-corrected chi connectivity index (χ4v) is 3.93. The van der Waals surface area contributed by atoms with Gasteiger partial charge in [-0.1, -0.05) is 36.4 Å². The lowest BCUT2D eigenvalue weighted by Gasteiger charge is -2.14. The monoisotopic (exact) mass is 367 g/mol. The summed E-state index contributed by atoms with van der Waals surface area (Å²) >= 11 is 0. The lowest BCUT2D eigenvalue weighted by Crippen LogP contribution is -2.28. The zero-order valence-electron chi connectivity index (χ0n) is 16.0. The van der Waals surface area contributed by atoms with Crippen LogP contribution in [0.5, 0.6) is 5.75 Å². The Hall–Kier alpha value is -2.33. The van der Waals surface area contributed by atoms with Gasteiger partial charge in [0, 0.05) is 6.04 Å². The maximum atomic E-state index is 10.8. The number of hydrogen-bond donors (Lipinski definition) is 2. The molecular weight excluding hydrogens is 338 g/mol. The number of carboxylic acid groups (broad SMARTS) is 1. The number of carboxylic acids is 1. The summed E-state index contributed by atoms with van der Waals surface area (Å²) in [4.78, 5) is 10.8. The van der Waals surface area contributed by atoms with Gasteiger partial charge in [0.15, 0.2) is 0 Å². The van der Waals surface area contributed by atoms with Gasteiger partial charge in [0.1, 0.15) is 5.75 Å². The Morgan fingerprint density at radius 2 is 1.96 bits per heavy atom. The van der Waals surface area contributed by atoms with Gasteiger partial charge in [-0.3, -0.25) is 4.79 Å². The second kappa shape index (κ2) is 9.56. The van der Waals surface area contributed by atoms with Crippen LogP contribution >= 0.6 is 0 Å². The molecular formula is C23H29NO3. The summed E-state index contributed by atoms with van der Waals surface area (Å²) in [7, 11) is 0. The Bertz CT molecular complexity index is 742. The Morgan fingerprint density at radius 1 is 1.15 bits per heavy atom. The number of nitrogens with one attached hydrogen (secondary N) is 1. The number of hydrogen-bond acceptors (Lipinski definition) is 3. The zero-order chi connectivity index (χ0) is 19.1. The summed E-state index contributed by atoms with van der Waals surface area (Å²) in [6.07, 6.45) is 4.64. The van der Waals surface area contributed by atoms with Crippen molar-refractivity contribution in [2.24, 2.45) is 0 Å². The minimum Gasteiger partial charge on any atom is -0.494 e. The van der Waals surface area contributed by atoms with E-state index in [4.69, 9.17) is 9.84 Å². The van der Waals surface area contributed by atoms with Gasteiger partial charge in [0.25, 0.3) is 0 Å². The molecule has 0 saturated heterocycles. The minimum absolute atomic E-state index is 0.0968. The van der Waals surface area contributed by atoms with Gasteiger partial charge in [-0.2, -0.15) is 0 Å². The fraction of sp³-hybridized carbons (Fsp3) is 0.435. The van der Waals surface area contributed by atoms with E-state index in [9.17, 15) is 4.79 Å². The first kappa shape index (κ1) is 19.4. The summed E-state index contributed by atoms with van der Waals surface area (Å²) in [5.74, 6) is 0.740. The van der Waals surface area contributed by atoms with Crippen molar-refractivity contribution >= 4 is 5.97 Å². The molecule has 1 fully saturated rings. The van der Waals surface area contributed by atoms with Gasteiger partial charge >= 0.3 is 5.97 Å². The lowest BCUT2D eigenvalue weighted by molar-refractivity contribution is -0.136. The fourth-order valence-electron chi connectivity index (χ4n) is 3.93. The van der Waals surface area contributed by atoms with E-state index in [0.29, 0.717) is 18.6 Å². The van der Waals surface area contributed by atoms with Gasteiger partial charge in [0.05, 0.1) is 13.0 Å². The number of carbonyl (C=O) groups is 1. The highest BCUT2D eigenvalue weighted by atomic mass is 16.5. The smallest absolute Gasteiger partial charge is 0.307 e. The number of ether oxygens (including phenoxy) is 1. The Morgan fingerprint density at radius 3 is 2.70 bits per heavy atom. The molecule has 0 spiro atoms. The zero-order valence-corrected chi connectivity index (χ0v) is 16.0. The first-order valence-corrected chi connectivity index (χ1v) is 9.89. The van der Waals surface area contributed by atoms with Crippen molar-refractivity contribution in [1.29, 1.82) is 0 Å². The SMILES string of the molecule is CCOc1cccc(CCN[C@H]2CC[C@@H](c3ccc(CC(=O)O)cc3)C2)c1. The first-order valence-electron chi connectivity index (χ1n) is 9.89. The summed E-state index contributed by atoms with van der Waals surface area (Å²) in [5.41, 5.74) is 3.50. The predicted octanol–water partition coefficient (Wildman–Crippen LogP) is 4.18. The van der Waals surface area contributed by atoms with E-state index >= 15 is 0 Å². The van der Waals surface area contributed by atoms with Crippen LogP contribution < -0.4 is 10.1 Å². The molecule has 1 aliphatic carbocycles. The molecule has 0 unspecified atom stereocenters. The molecule has 0 amide bonds. The van der Waals surface area contributed by atoms with Crippen molar-refractivity contribution in [3.8, 4) is 5.75 Å². The molecule has 0 aliphatic heterocycles. The molecule has 0 aromatic heterocycles. The van der Waals surface area contributed by atoms with Crippen LogP contribution in [0, 0.1) is 0 Å². The van der Waals surface area contributed by atoms with E-state index < -0.39 is 5.97 Å². The normalized spacial score (nSPS) is 19.1. The molecule has 3 rings (SSSR count). The highest BCUT2D eigenvalue weighted by Crippen LogP contribution is 2.34. The molecule has 4 nitrogen and oxygen atoms in total. The second-order valence-corrected chi connectivity index (χ2v) is 7.30. The van der Waals surface area contributed by atoms with Crippen LogP contribution in [0.1, 0.15) is 48.8 Å². The van der Waals surface area contributed by atoms with Crippen molar-refractivity contribution in [2.75, 3.05) is 13.2 Å². The number of benzene rings is 2. The molecule has 1 aliphatic rings. The van der Waals surface area contributed by atoms with Crippen molar-refractivity contribution in [1.82, 2.24) is 5.32 Å². The minimum atomic E-state index is -0.778. The predicted molar refractivity (Wildman–Crippen MR) is 107 cm³/mol. The second-order valence-electron chi connectivity index (χ2n) is 7.30. The van der Waals surface area contributed by atoms with Crippen LogP contribution in [0.25, 0.3) is 0 Å². The average Bonchev–Trinajstić information content (AvgIpc) is 3.11. The van der Waals surface area contributed by atoms with E-state index in [1.54, 1.807) is 0 Å². The quantitative estimate of drug-likeness (QED) is 0.698. The summed E-state index contributed by atoms with van der Waals surface area (Å²) < 4.78 is 5.57. The molecule has 1 saturated carbocycles. The van der Waals surface area contributed by atoms with E-state index in [2.05, 4.69) is 35.6 Å². The van der Waals surface area contributed by atoms with E-state index in [0.717, 1.165) is 30.7 Å². The molecule has 0 radical (unpaired) electrons. The highest BCUT2D eigenvalue weighted by Gasteiger charge is 2.25. The molecule has 2 atom stereocenters. The van der Waals surface area contributed by atoms with Gasteiger partial charge in [0.2, 0.25) is 0 Å². The third-order valence-corrected chi connectivity index (χ3v) is 5.30. The number of aliphatic carboxylic acids is 1. The van der Waals surface area contributed by atoms with Crippen LogP contribution in [-0.4, -0.2) is 30.3 Å². The van der Waals surface area contributed by atoms with E-state index in [1.165, 1.54) is 24.0 Å². The van der Waals surface area contributed by atoms with Gasteiger partial charge < -0.3 is 15.2 Å². The van der Waals surface area contributed by atoms with Crippen LogP contribution in [-0.2, 0) is 17.6 Å². The maximum absolute atomic E-state index is 10.8. The first-order chi connectivity index (χ1) is 13.1. The van der Waals surface area contributed by atoms with Gasteiger partial charge in [-0.25, -0.2) is 0 Å². The molecule has 0 heterocycles. The van der Waals surface area contributed by atoms with Crippen molar-refractivity contribution in [3.05, 3.63) is 65.2 Å². The van der Waals surface area contributed by atoms with E-state index in [-0.39, 0.29) is 6.42 Å². The number of rotatable bonds is 9. The summed E-state index contributed by atoms with van der Waals surface area (Å²) in [6, 6.07) is 17.0. The van der Waals surface area contributed by atoms with Crippen molar-refractivity contribution in [3.63, 3.8) is 0 Å². The molecule has 2 N–H and O–H groups in total. The Kier molecular flexibility index (Phi) is 6.88. The maximum Gasteiger partial charge on any atom is 0.307 e. The third-order valence-electron chi connectivity index (χ3n) is 5.30. The Labute approximate surface area is 161 Å². The standard InChI is InChI=1S/C23H29NO3/c1-2-27-22-5-3-4-17(14-22)12-13-24-21-11-10-20(16-21)19-8-6-18(7-9-19)15-23(25)26/h3-9,14,20-21,24H,2,10-13,15-16H2,1H3,(H,25,26)/t20-,21+/m1/s1. The molecule has 4 heteroatoms. The Balaban J connectivity index is 1.44. The van der Waals surface area contributed by atoms with Crippen LogP contribution in [0.2, 0.25) is 0 Å². The van der Waals surface area contributed by atoms with Crippen LogP contribution in [0.15, 0.2) is 48.5 Å². The molecule has 144 valence electrons. The molecule has 2 aromatic rings. The van der Waals surface area contributed by atoms with Crippen LogP contribution in [0.4, 0.5) is 0 Å².